The first kappa shape index (κ1) is 12.7. The van der Waals surface area contributed by atoms with Gasteiger partial charge in [-0.1, -0.05) is 19.1 Å². The van der Waals surface area contributed by atoms with E-state index in [1.54, 1.807) is 12.1 Å². The summed E-state index contributed by atoms with van der Waals surface area (Å²) in [5.74, 6) is -1.07. The van der Waals surface area contributed by atoms with Crippen molar-refractivity contribution in [1.29, 1.82) is 0 Å². The minimum Gasteiger partial charge on any atom is -0.478 e. The van der Waals surface area contributed by atoms with Crippen molar-refractivity contribution in [2.75, 3.05) is 0 Å². The van der Waals surface area contributed by atoms with Crippen LogP contribution in [0.4, 0.5) is 4.39 Å². The zero-order valence-corrected chi connectivity index (χ0v) is 11.0. The highest BCUT2D eigenvalue weighted by molar-refractivity contribution is 5.94. The van der Waals surface area contributed by atoms with Gasteiger partial charge in [-0.2, -0.15) is 0 Å². The summed E-state index contributed by atoms with van der Waals surface area (Å²) in [6.45, 7) is 1.99. The van der Waals surface area contributed by atoms with Gasteiger partial charge in [0.25, 0.3) is 0 Å². The molecule has 0 amide bonds. The minimum absolute atomic E-state index is 0.0885. The molecule has 1 aromatic heterocycles. The third kappa shape index (κ3) is 2.03. The number of rotatable bonds is 2. The van der Waals surface area contributed by atoms with Gasteiger partial charge in [-0.15, -0.1) is 0 Å². The molecule has 1 aliphatic rings. The van der Waals surface area contributed by atoms with Crippen LogP contribution in [0, 0.1) is 5.82 Å². The first-order valence-electron chi connectivity index (χ1n) is 6.47. The van der Waals surface area contributed by atoms with Gasteiger partial charge in [0.15, 0.2) is 0 Å². The number of aromatic amines is 1. The van der Waals surface area contributed by atoms with Crippen LogP contribution >= 0.6 is 0 Å². The first-order valence-corrected chi connectivity index (χ1v) is 6.47. The van der Waals surface area contributed by atoms with E-state index in [1.807, 2.05) is 19.2 Å². The van der Waals surface area contributed by atoms with E-state index in [2.05, 4.69) is 4.98 Å². The van der Waals surface area contributed by atoms with Gasteiger partial charge in [0.05, 0.1) is 0 Å². The molecule has 0 bridgehead atoms. The molecule has 0 fully saturated rings. The summed E-state index contributed by atoms with van der Waals surface area (Å²) in [6, 6.07) is 6.44. The Balaban J connectivity index is 2.12. The zero-order valence-electron chi connectivity index (χ0n) is 11.0. The molecule has 0 radical (unpaired) electrons. The van der Waals surface area contributed by atoms with Crippen LogP contribution in [0.2, 0.25) is 0 Å². The Morgan fingerprint density at radius 1 is 1.45 bits per heavy atom. The summed E-state index contributed by atoms with van der Waals surface area (Å²) in [4.78, 5) is 14.2. The fraction of sp³-hybridized carbons (Fsp3) is 0.188. The maximum absolute atomic E-state index is 13.4. The Morgan fingerprint density at radius 3 is 2.95 bits per heavy atom. The van der Waals surface area contributed by atoms with E-state index >= 15 is 0 Å². The van der Waals surface area contributed by atoms with Gasteiger partial charge in [0.1, 0.15) is 5.82 Å². The molecule has 20 heavy (non-hydrogen) atoms. The van der Waals surface area contributed by atoms with Gasteiger partial charge in [-0.25, -0.2) is 9.18 Å². The maximum Gasteiger partial charge on any atom is 0.331 e. The van der Waals surface area contributed by atoms with Crippen molar-refractivity contribution in [3.63, 3.8) is 0 Å². The van der Waals surface area contributed by atoms with Crippen molar-refractivity contribution < 1.29 is 14.3 Å². The van der Waals surface area contributed by atoms with Crippen molar-refractivity contribution >= 4 is 12.0 Å². The molecule has 102 valence electrons. The molecule has 3 nitrogen and oxygen atoms in total. The van der Waals surface area contributed by atoms with Gasteiger partial charge < -0.3 is 10.1 Å². The summed E-state index contributed by atoms with van der Waals surface area (Å²) in [7, 11) is 0. The smallest absolute Gasteiger partial charge is 0.331 e. The number of H-pyrrole nitrogens is 1. The second-order valence-corrected chi connectivity index (χ2v) is 5.12. The van der Waals surface area contributed by atoms with E-state index in [0.717, 1.165) is 22.4 Å². The summed E-state index contributed by atoms with van der Waals surface area (Å²) in [5, 5.41) is 9.11. The van der Waals surface area contributed by atoms with E-state index in [1.165, 1.54) is 12.1 Å². The van der Waals surface area contributed by atoms with Gasteiger partial charge in [0, 0.05) is 23.0 Å². The minimum atomic E-state index is -0.885. The van der Waals surface area contributed by atoms with Crippen LogP contribution in [0.15, 0.2) is 36.0 Å². The number of fused-ring (bicyclic) bond motifs is 1. The zero-order chi connectivity index (χ0) is 14.3. The summed E-state index contributed by atoms with van der Waals surface area (Å²) in [6.07, 6.45) is 3.97. The van der Waals surface area contributed by atoms with E-state index < -0.39 is 5.97 Å². The Kier molecular flexibility index (Phi) is 2.93. The molecule has 1 aliphatic carbocycles. The van der Waals surface area contributed by atoms with E-state index in [9.17, 15) is 9.18 Å². The van der Waals surface area contributed by atoms with Crippen LogP contribution in [-0.2, 0) is 4.79 Å². The highest BCUT2D eigenvalue weighted by Crippen LogP contribution is 2.39. The van der Waals surface area contributed by atoms with Crippen molar-refractivity contribution in [3.05, 3.63) is 53.1 Å². The molecule has 1 aromatic carbocycles. The molecule has 0 saturated carbocycles. The summed E-state index contributed by atoms with van der Waals surface area (Å²) < 4.78 is 13.4. The van der Waals surface area contributed by atoms with Gasteiger partial charge in [-0.05, 0) is 41.7 Å². The van der Waals surface area contributed by atoms with Crippen molar-refractivity contribution in [2.24, 2.45) is 0 Å². The molecule has 3 rings (SSSR count). The van der Waals surface area contributed by atoms with E-state index in [-0.39, 0.29) is 11.7 Å². The van der Waals surface area contributed by atoms with Gasteiger partial charge >= 0.3 is 5.97 Å². The maximum atomic E-state index is 13.4. The normalized spacial score (nSPS) is 17.5. The lowest BCUT2D eigenvalue weighted by molar-refractivity contribution is -0.132. The molecule has 2 aromatic rings. The third-order valence-corrected chi connectivity index (χ3v) is 3.70. The number of carboxylic acids is 1. The van der Waals surface area contributed by atoms with Crippen LogP contribution in [0.1, 0.15) is 30.5 Å². The van der Waals surface area contributed by atoms with E-state index in [4.69, 9.17) is 5.11 Å². The highest BCUT2D eigenvalue weighted by Gasteiger charge is 2.25. The predicted molar refractivity (Wildman–Crippen MR) is 74.8 cm³/mol. The third-order valence-electron chi connectivity index (χ3n) is 3.70. The monoisotopic (exact) mass is 271 g/mol. The predicted octanol–water partition coefficient (Wildman–Crippen LogP) is 3.80. The summed E-state index contributed by atoms with van der Waals surface area (Å²) >= 11 is 0. The number of aromatic nitrogens is 1. The van der Waals surface area contributed by atoms with E-state index in [0.29, 0.717) is 12.0 Å². The molecule has 1 atom stereocenters. The van der Waals surface area contributed by atoms with Crippen molar-refractivity contribution in [3.8, 4) is 11.1 Å². The first-order chi connectivity index (χ1) is 9.56. The van der Waals surface area contributed by atoms with Crippen LogP contribution in [0.3, 0.4) is 0 Å². The lowest BCUT2D eigenvalue weighted by Gasteiger charge is -2.19. The Hall–Kier alpha value is -2.36. The quantitative estimate of drug-likeness (QED) is 0.873. The number of nitrogens with one attached hydrogen (secondary N) is 1. The Labute approximate surface area is 115 Å². The molecule has 1 unspecified atom stereocenters. The fourth-order valence-electron chi connectivity index (χ4n) is 2.81. The topological polar surface area (TPSA) is 53.1 Å². The van der Waals surface area contributed by atoms with Crippen LogP contribution in [-0.4, -0.2) is 16.1 Å². The Bertz CT molecular complexity index is 715. The molecule has 2 N–H and O–H groups in total. The second kappa shape index (κ2) is 4.63. The number of hydrogen-bond donors (Lipinski definition) is 2. The lowest BCUT2D eigenvalue weighted by atomic mass is 9.84. The average Bonchev–Trinajstić information content (AvgIpc) is 2.83. The lowest BCUT2D eigenvalue weighted by Crippen LogP contribution is -2.10. The van der Waals surface area contributed by atoms with Gasteiger partial charge in [-0.3, -0.25) is 0 Å². The Morgan fingerprint density at radius 2 is 2.25 bits per heavy atom. The largest absolute Gasteiger partial charge is 0.478 e. The van der Waals surface area contributed by atoms with Crippen molar-refractivity contribution in [1.82, 2.24) is 4.98 Å². The summed E-state index contributed by atoms with van der Waals surface area (Å²) in [5.41, 5.74) is 4.01. The molecule has 4 heteroatoms. The molecular weight excluding hydrogens is 257 g/mol. The van der Waals surface area contributed by atoms with Crippen LogP contribution < -0.4 is 0 Å². The SMILES string of the molecule is CC1CC(C(=O)O)=Cc2[nH]cc(-c3cccc(F)c3)c21. The standard InChI is InChI=1S/C16H14FNO2/c1-9-5-11(16(19)20)7-14-15(9)13(8-18-14)10-3-2-4-12(17)6-10/h2-4,6-9,18H,5H2,1H3,(H,19,20). The number of halogens is 1. The number of aliphatic carboxylic acids is 1. The second-order valence-electron chi connectivity index (χ2n) is 5.12. The average molecular weight is 271 g/mol. The van der Waals surface area contributed by atoms with Gasteiger partial charge in [0.2, 0.25) is 0 Å². The van der Waals surface area contributed by atoms with Crippen molar-refractivity contribution in [2.45, 2.75) is 19.3 Å². The highest BCUT2D eigenvalue weighted by atomic mass is 19.1. The number of carboxylic acid groups (broad SMARTS) is 1. The van der Waals surface area contributed by atoms with Crippen LogP contribution in [0.25, 0.3) is 17.2 Å². The molecule has 1 heterocycles. The number of benzene rings is 1. The van der Waals surface area contributed by atoms with Crippen LogP contribution in [0.5, 0.6) is 0 Å². The molecule has 0 spiro atoms. The fourth-order valence-corrected chi connectivity index (χ4v) is 2.81. The molecule has 0 aliphatic heterocycles. The molecule has 0 saturated heterocycles. The number of hydrogen-bond acceptors (Lipinski definition) is 1. The number of carbonyl (C=O) groups is 1. The molecular formula is C16H14FNO2.